The van der Waals surface area contributed by atoms with Crippen molar-refractivity contribution in [1.29, 1.82) is 0 Å². The van der Waals surface area contributed by atoms with Crippen molar-refractivity contribution >= 4 is 17.6 Å². The molecule has 0 atom stereocenters. The summed E-state index contributed by atoms with van der Waals surface area (Å²) in [7, 11) is 0. The molecule has 0 radical (unpaired) electrons. The molecule has 0 saturated carbocycles. The van der Waals surface area contributed by atoms with Gasteiger partial charge in [-0.05, 0) is 18.2 Å². The smallest absolute Gasteiger partial charge is 0.343 e. The Bertz CT molecular complexity index is 397. The van der Waals surface area contributed by atoms with Crippen molar-refractivity contribution in [2.75, 3.05) is 11.9 Å². The Morgan fingerprint density at radius 3 is 2.81 bits per heavy atom. The molecule has 1 aromatic rings. The molecule has 1 rings (SSSR count). The van der Waals surface area contributed by atoms with E-state index in [1.807, 2.05) is 5.48 Å². The molecule has 1 aromatic carbocycles. The summed E-state index contributed by atoms with van der Waals surface area (Å²) in [5.74, 6) is -1.19. The van der Waals surface area contributed by atoms with Gasteiger partial charge in [0.2, 0.25) is 5.91 Å². The molecule has 0 aromatic heterocycles. The molecule has 0 spiro atoms. The number of hydrogen-bond donors (Lipinski definition) is 3. The minimum absolute atomic E-state index is 0.264. The highest BCUT2D eigenvalue weighted by Crippen LogP contribution is 2.08. The predicted octanol–water partition coefficient (Wildman–Crippen LogP) is 0.364. The number of benzene rings is 1. The van der Waals surface area contributed by atoms with Gasteiger partial charge in [-0.3, -0.25) is 9.63 Å². The lowest BCUT2D eigenvalue weighted by molar-refractivity contribution is -0.124. The van der Waals surface area contributed by atoms with E-state index < -0.39 is 24.4 Å². The van der Waals surface area contributed by atoms with E-state index in [0.29, 0.717) is 0 Å². The number of hydroxylamine groups is 1. The van der Waals surface area contributed by atoms with Crippen LogP contribution in [0.2, 0.25) is 0 Å². The molecule has 16 heavy (non-hydrogen) atoms. The number of amides is 3. The highest BCUT2D eigenvalue weighted by molar-refractivity contribution is 5.88. The molecule has 86 valence electrons. The summed E-state index contributed by atoms with van der Waals surface area (Å²) in [5.41, 5.74) is 6.94. The number of nitrogens with one attached hydrogen (secondary N) is 2. The standard InChI is InChI=1S/C9H10FN3O3/c10-6-2-1-3-7(4-6)12-9(15)13-16-5-8(11)14/h1-4H,5H2,(H2,11,14)(H2,12,13,15). The molecule has 6 nitrogen and oxygen atoms in total. The summed E-state index contributed by atoms with van der Waals surface area (Å²) in [6.07, 6.45) is 0. The molecule has 0 heterocycles. The summed E-state index contributed by atoms with van der Waals surface area (Å²) >= 11 is 0. The number of halogens is 1. The van der Waals surface area contributed by atoms with Gasteiger partial charge in [0.05, 0.1) is 0 Å². The summed E-state index contributed by atoms with van der Waals surface area (Å²) in [6, 6.07) is 4.58. The van der Waals surface area contributed by atoms with Gasteiger partial charge in [0.15, 0.2) is 6.61 Å². The monoisotopic (exact) mass is 227 g/mol. The summed E-state index contributed by atoms with van der Waals surface area (Å²) < 4.78 is 12.7. The Balaban J connectivity index is 2.37. The molecule has 3 amide bonds. The van der Waals surface area contributed by atoms with Gasteiger partial charge in [-0.2, -0.15) is 0 Å². The van der Waals surface area contributed by atoms with Crippen LogP contribution < -0.4 is 16.5 Å². The summed E-state index contributed by atoms with van der Waals surface area (Å²) in [5, 5.41) is 2.29. The van der Waals surface area contributed by atoms with Crippen molar-refractivity contribution in [3.8, 4) is 0 Å². The van der Waals surface area contributed by atoms with E-state index in [1.165, 1.54) is 18.2 Å². The summed E-state index contributed by atoms with van der Waals surface area (Å²) in [4.78, 5) is 25.8. The second-order valence-corrected chi connectivity index (χ2v) is 2.82. The number of nitrogens with two attached hydrogens (primary N) is 1. The third kappa shape index (κ3) is 4.38. The minimum atomic E-state index is -0.730. The Morgan fingerprint density at radius 2 is 2.19 bits per heavy atom. The molecule has 0 aliphatic carbocycles. The fourth-order valence-electron chi connectivity index (χ4n) is 0.896. The van der Waals surface area contributed by atoms with Crippen molar-refractivity contribution in [1.82, 2.24) is 5.48 Å². The number of carbonyl (C=O) groups excluding carboxylic acids is 2. The van der Waals surface area contributed by atoms with Gasteiger partial charge in [0.1, 0.15) is 5.82 Å². The maximum absolute atomic E-state index is 12.7. The number of carbonyl (C=O) groups is 2. The molecule has 4 N–H and O–H groups in total. The first-order valence-electron chi connectivity index (χ1n) is 4.30. The van der Waals surface area contributed by atoms with Gasteiger partial charge in [-0.25, -0.2) is 14.7 Å². The van der Waals surface area contributed by atoms with Crippen LogP contribution in [-0.4, -0.2) is 18.5 Å². The molecular formula is C9H10FN3O3. The first-order valence-corrected chi connectivity index (χ1v) is 4.30. The zero-order chi connectivity index (χ0) is 12.0. The second kappa shape index (κ2) is 5.66. The highest BCUT2D eigenvalue weighted by Gasteiger charge is 2.02. The van der Waals surface area contributed by atoms with Gasteiger partial charge in [-0.15, -0.1) is 0 Å². The lowest BCUT2D eigenvalue weighted by atomic mass is 10.3. The van der Waals surface area contributed by atoms with Gasteiger partial charge >= 0.3 is 6.03 Å². The van der Waals surface area contributed by atoms with Gasteiger partial charge in [0, 0.05) is 5.69 Å². The number of hydrogen-bond acceptors (Lipinski definition) is 3. The number of primary amides is 1. The molecule has 0 unspecified atom stereocenters. The Labute approximate surface area is 90.5 Å². The van der Waals surface area contributed by atoms with Gasteiger partial charge < -0.3 is 11.1 Å². The fourth-order valence-corrected chi connectivity index (χ4v) is 0.896. The SMILES string of the molecule is NC(=O)CONC(=O)Nc1cccc(F)c1. The normalized spacial score (nSPS) is 9.56. The van der Waals surface area contributed by atoms with Crippen LogP contribution in [0.3, 0.4) is 0 Å². The van der Waals surface area contributed by atoms with Crippen molar-refractivity contribution in [2.45, 2.75) is 0 Å². The van der Waals surface area contributed by atoms with E-state index in [9.17, 15) is 14.0 Å². The van der Waals surface area contributed by atoms with Crippen LogP contribution in [0, 0.1) is 5.82 Å². The van der Waals surface area contributed by atoms with Crippen LogP contribution in [0.15, 0.2) is 24.3 Å². The van der Waals surface area contributed by atoms with Crippen LogP contribution in [0.4, 0.5) is 14.9 Å². The Kier molecular flexibility index (Phi) is 4.22. The highest BCUT2D eigenvalue weighted by atomic mass is 19.1. The molecular weight excluding hydrogens is 217 g/mol. The second-order valence-electron chi connectivity index (χ2n) is 2.82. The van der Waals surface area contributed by atoms with Crippen LogP contribution in [0.1, 0.15) is 0 Å². The van der Waals surface area contributed by atoms with Crippen molar-refractivity contribution < 1.29 is 18.8 Å². The first-order chi connectivity index (χ1) is 7.58. The maximum Gasteiger partial charge on any atom is 0.343 e. The quantitative estimate of drug-likeness (QED) is 0.648. The molecule has 0 aliphatic heterocycles. The molecule has 7 heteroatoms. The van der Waals surface area contributed by atoms with Gasteiger partial charge in [0.25, 0.3) is 0 Å². The zero-order valence-electron chi connectivity index (χ0n) is 8.20. The van der Waals surface area contributed by atoms with E-state index >= 15 is 0 Å². The van der Waals surface area contributed by atoms with Crippen LogP contribution >= 0.6 is 0 Å². The van der Waals surface area contributed by atoms with Crippen LogP contribution in [0.25, 0.3) is 0 Å². The molecule has 0 bridgehead atoms. The zero-order valence-corrected chi connectivity index (χ0v) is 8.20. The van der Waals surface area contributed by atoms with E-state index in [2.05, 4.69) is 10.2 Å². The van der Waals surface area contributed by atoms with E-state index in [0.717, 1.165) is 6.07 Å². The minimum Gasteiger partial charge on any atom is -0.368 e. The molecule has 0 fully saturated rings. The number of rotatable bonds is 4. The average Bonchev–Trinajstić information content (AvgIpc) is 2.16. The van der Waals surface area contributed by atoms with Crippen LogP contribution in [0.5, 0.6) is 0 Å². The van der Waals surface area contributed by atoms with Crippen molar-refractivity contribution in [3.63, 3.8) is 0 Å². The Morgan fingerprint density at radius 1 is 1.44 bits per heavy atom. The average molecular weight is 227 g/mol. The number of urea groups is 1. The Hall–Kier alpha value is -2.15. The topological polar surface area (TPSA) is 93.5 Å². The first kappa shape index (κ1) is 11.9. The largest absolute Gasteiger partial charge is 0.368 e. The summed E-state index contributed by atoms with van der Waals surface area (Å²) in [6.45, 7) is -0.434. The molecule has 0 saturated heterocycles. The third-order valence-corrected chi connectivity index (χ3v) is 1.46. The van der Waals surface area contributed by atoms with E-state index in [4.69, 9.17) is 5.73 Å². The van der Waals surface area contributed by atoms with E-state index in [-0.39, 0.29) is 5.69 Å². The predicted molar refractivity (Wildman–Crippen MR) is 53.7 cm³/mol. The van der Waals surface area contributed by atoms with Crippen LogP contribution in [-0.2, 0) is 9.63 Å². The fraction of sp³-hybridized carbons (Fsp3) is 0.111. The molecule has 0 aliphatic rings. The van der Waals surface area contributed by atoms with Gasteiger partial charge in [-0.1, -0.05) is 6.07 Å². The number of anilines is 1. The third-order valence-electron chi connectivity index (χ3n) is 1.46. The maximum atomic E-state index is 12.7. The lowest BCUT2D eigenvalue weighted by Crippen LogP contribution is -2.32. The van der Waals surface area contributed by atoms with Crippen molar-refractivity contribution in [3.05, 3.63) is 30.1 Å². The lowest BCUT2D eigenvalue weighted by Gasteiger charge is -2.06. The van der Waals surface area contributed by atoms with E-state index in [1.54, 1.807) is 0 Å². The van der Waals surface area contributed by atoms with Crippen molar-refractivity contribution in [2.24, 2.45) is 5.73 Å².